The topological polar surface area (TPSA) is 42.2 Å². The summed E-state index contributed by atoms with van der Waals surface area (Å²) in [6.45, 7) is 2.96. The Morgan fingerprint density at radius 2 is 1.80 bits per heavy atom. The predicted octanol–water partition coefficient (Wildman–Crippen LogP) is 5.99. The van der Waals surface area contributed by atoms with Gasteiger partial charge in [-0.05, 0) is 36.8 Å². The largest absolute Gasteiger partial charge is 0.342 e. The van der Waals surface area contributed by atoms with Crippen molar-refractivity contribution >= 4 is 33.8 Å². The van der Waals surface area contributed by atoms with E-state index < -0.39 is 0 Å². The molecule has 0 unspecified atom stereocenters. The van der Waals surface area contributed by atoms with Crippen molar-refractivity contribution in [2.24, 2.45) is 5.10 Å². The van der Waals surface area contributed by atoms with Gasteiger partial charge in [0, 0.05) is 34.6 Å². The number of hydrogen-bond donors (Lipinski definition) is 1. The highest BCUT2D eigenvalue weighted by Gasteiger charge is 2.07. The lowest BCUT2D eigenvalue weighted by Crippen LogP contribution is -1.98. The summed E-state index contributed by atoms with van der Waals surface area (Å²) in [5.41, 5.74) is 8.86. The molecule has 5 aromatic rings. The second-order valence-corrected chi connectivity index (χ2v) is 7.48. The van der Waals surface area contributed by atoms with E-state index in [0.29, 0.717) is 0 Å². The maximum absolute atomic E-state index is 4.61. The van der Waals surface area contributed by atoms with Crippen molar-refractivity contribution in [2.45, 2.75) is 13.5 Å². The van der Waals surface area contributed by atoms with Crippen LogP contribution in [-0.4, -0.2) is 15.8 Å². The zero-order valence-electron chi connectivity index (χ0n) is 16.8. The van der Waals surface area contributed by atoms with Gasteiger partial charge in [0.2, 0.25) is 0 Å². The van der Waals surface area contributed by atoms with Crippen LogP contribution in [0.15, 0.2) is 96.2 Å². The molecule has 0 radical (unpaired) electrons. The molecule has 146 valence electrons. The Hall–Kier alpha value is -3.92. The molecule has 0 bridgehead atoms. The molecule has 0 aliphatic heterocycles. The summed E-state index contributed by atoms with van der Waals surface area (Å²) in [5.74, 6) is 0.730. The van der Waals surface area contributed by atoms with Gasteiger partial charge in [0.15, 0.2) is 0 Å². The molecule has 1 N–H and O–H groups in total. The monoisotopic (exact) mass is 390 g/mol. The summed E-state index contributed by atoms with van der Waals surface area (Å²) in [5, 5.41) is 6.75. The third kappa shape index (κ3) is 3.67. The molecule has 4 heteroatoms. The summed E-state index contributed by atoms with van der Waals surface area (Å²) >= 11 is 0. The normalized spacial score (nSPS) is 11.5. The summed E-state index contributed by atoms with van der Waals surface area (Å²) in [6, 6.07) is 29.1. The van der Waals surface area contributed by atoms with Crippen molar-refractivity contribution in [3.63, 3.8) is 0 Å². The summed E-state index contributed by atoms with van der Waals surface area (Å²) < 4.78 is 2.28. The van der Waals surface area contributed by atoms with Gasteiger partial charge in [-0.3, -0.25) is 5.43 Å². The Morgan fingerprint density at radius 3 is 2.73 bits per heavy atom. The molecule has 4 nitrogen and oxygen atoms in total. The minimum absolute atomic E-state index is 0.730. The first kappa shape index (κ1) is 18.1. The van der Waals surface area contributed by atoms with Crippen LogP contribution in [0, 0.1) is 6.92 Å². The molecule has 0 fully saturated rings. The van der Waals surface area contributed by atoms with Gasteiger partial charge in [-0.25, -0.2) is 4.98 Å². The first-order valence-electron chi connectivity index (χ1n) is 10.0. The fourth-order valence-corrected chi connectivity index (χ4v) is 3.81. The highest BCUT2D eigenvalue weighted by molar-refractivity contribution is 5.99. The van der Waals surface area contributed by atoms with Crippen molar-refractivity contribution in [1.82, 2.24) is 9.55 Å². The highest BCUT2D eigenvalue weighted by atomic mass is 15.3. The first-order valence-corrected chi connectivity index (χ1v) is 10.0. The Labute approximate surface area is 175 Å². The number of nitrogens with zero attached hydrogens (tertiary/aromatic N) is 3. The van der Waals surface area contributed by atoms with Crippen LogP contribution in [0.3, 0.4) is 0 Å². The van der Waals surface area contributed by atoms with E-state index in [4.69, 9.17) is 0 Å². The number of aromatic nitrogens is 2. The van der Waals surface area contributed by atoms with E-state index in [-0.39, 0.29) is 0 Å². The number of para-hydroxylation sites is 2. The molecular formula is C26H22N4. The molecule has 0 aliphatic rings. The second kappa shape index (κ2) is 7.84. The summed E-state index contributed by atoms with van der Waals surface area (Å²) in [4.78, 5) is 4.61. The fraction of sp³-hybridized carbons (Fsp3) is 0.0769. The molecule has 0 saturated carbocycles. The average molecular weight is 390 g/mol. The van der Waals surface area contributed by atoms with Crippen LogP contribution in [-0.2, 0) is 6.54 Å². The smallest absolute Gasteiger partial charge is 0.146 e. The van der Waals surface area contributed by atoms with Crippen LogP contribution in [0.4, 0.5) is 5.82 Å². The average Bonchev–Trinajstić information content (AvgIpc) is 3.11. The number of aryl methyl sites for hydroxylation is 1. The SMILES string of the molecule is Cc1cccc(Cn2cc(/C=N\Nc3ccc4ccccc4n3)c3ccccc32)c1. The van der Waals surface area contributed by atoms with Crippen LogP contribution < -0.4 is 5.43 Å². The van der Waals surface area contributed by atoms with Gasteiger partial charge < -0.3 is 4.57 Å². The van der Waals surface area contributed by atoms with Crippen LogP contribution >= 0.6 is 0 Å². The lowest BCUT2D eigenvalue weighted by molar-refractivity contribution is 0.835. The molecule has 0 spiro atoms. The third-order valence-corrected chi connectivity index (χ3v) is 5.24. The van der Waals surface area contributed by atoms with Crippen molar-refractivity contribution in [3.05, 3.63) is 108 Å². The Balaban J connectivity index is 1.42. The van der Waals surface area contributed by atoms with E-state index in [0.717, 1.165) is 28.8 Å². The number of nitrogens with one attached hydrogen (secondary N) is 1. The number of hydrogen-bond acceptors (Lipinski definition) is 3. The van der Waals surface area contributed by atoms with Gasteiger partial charge in [0.1, 0.15) is 5.82 Å². The van der Waals surface area contributed by atoms with Crippen molar-refractivity contribution in [2.75, 3.05) is 5.43 Å². The van der Waals surface area contributed by atoms with Gasteiger partial charge in [-0.2, -0.15) is 5.10 Å². The molecule has 0 amide bonds. The van der Waals surface area contributed by atoms with Gasteiger partial charge in [-0.15, -0.1) is 0 Å². The van der Waals surface area contributed by atoms with Gasteiger partial charge >= 0.3 is 0 Å². The zero-order chi connectivity index (χ0) is 20.3. The number of rotatable bonds is 5. The molecule has 0 saturated heterocycles. The van der Waals surface area contributed by atoms with Gasteiger partial charge in [-0.1, -0.05) is 66.2 Å². The predicted molar refractivity (Wildman–Crippen MR) is 125 cm³/mol. The van der Waals surface area contributed by atoms with Gasteiger partial charge in [0.25, 0.3) is 0 Å². The van der Waals surface area contributed by atoms with Gasteiger partial charge in [0.05, 0.1) is 11.7 Å². The highest BCUT2D eigenvalue weighted by Crippen LogP contribution is 2.22. The minimum atomic E-state index is 0.730. The lowest BCUT2D eigenvalue weighted by atomic mass is 10.1. The van der Waals surface area contributed by atoms with E-state index in [9.17, 15) is 0 Å². The number of benzene rings is 3. The second-order valence-electron chi connectivity index (χ2n) is 7.48. The van der Waals surface area contributed by atoms with E-state index in [1.54, 1.807) is 0 Å². The van der Waals surface area contributed by atoms with E-state index in [1.165, 1.54) is 22.0 Å². The first-order chi connectivity index (χ1) is 14.8. The number of pyridine rings is 1. The van der Waals surface area contributed by atoms with E-state index in [1.807, 2.05) is 36.5 Å². The fourth-order valence-electron chi connectivity index (χ4n) is 3.81. The minimum Gasteiger partial charge on any atom is -0.342 e. The third-order valence-electron chi connectivity index (χ3n) is 5.24. The maximum Gasteiger partial charge on any atom is 0.146 e. The van der Waals surface area contributed by atoms with Crippen molar-refractivity contribution in [3.8, 4) is 0 Å². The molecule has 5 rings (SSSR count). The zero-order valence-corrected chi connectivity index (χ0v) is 16.8. The Morgan fingerprint density at radius 1 is 0.933 bits per heavy atom. The number of hydrazone groups is 1. The molecule has 0 atom stereocenters. The Kier molecular flexibility index (Phi) is 4.74. The molecule has 3 aromatic carbocycles. The van der Waals surface area contributed by atoms with Crippen LogP contribution in [0.2, 0.25) is 0 Å². The molecular weight excluding hydrogens is 368 g/mol. The summed E-state index contributed by atoms with van der Waals surface area (Å²) in [6.07, 6.45) is 4.03. The van der Waals surface area contributed by atoms with E-state index in [2.05, 4.69) is 87.8 Å². The maximum atomic E-state index is 4.61. The number of anilines is 1. The number of fused-ring (bicyclic) bond motifs is 2. The quantitative estimate of drug-likeness (QED) is 0.296. The Bertz CT molecular complexity index is 1360. The summed E-state index contributed by atoms with van der Waals surface area (Å²) in [7, 11) is 0. The van der Waals surface area contributed by atoms with E-state index >= 15 is 0 Å². The lowest BCUT2D eigenvalue weighted by Gasteiger charge is -2.06. The van der Waals surface area contributed by atoms with Crippen LogP contribution in [0.5, 0.6) is 0 Å². The van der Waals surface area contributed by atoms with Crippen molar-refractivity contribution < 1.29 is 0 Å². The standard InChI is InChI=1S/C26H22N4/c1-19-7-6-8-20(15-19)17-30-18-22(23-10-3-5-12-25(23)30)16-27-29-26-14-13-21-9-2-4-11-24(21)28-26/h2-16,18H,17H2,1H3,(H,28,29)/b27-16-. The molecule has 2 aromatic heterocycles. The van der Waals surface area contributed by atoms with Crippen LogP contribution in [0.1, 0.15) is 16.7 Å². The molecule has 2 heterocycles. The molecule has 0 aliphatic carbocycles. The van der Waals surface area contributed by atoms with Crippen molar-refractivity contribution in [1.29, 1.82) is 0 Å². The molecule has 30 heavy (non-hydrogen) atoms. The van der Waals surface area contributed by atoms with Crippen LogP contribution in [0.25, 0.3) is 21.8 Å².